The third kappa shape index (κ3) is 2.05. The van der Waals surface area contributed by atoms with Gasteiger partial charge in [0.25, 0.3) is 0 Å². The van der Waals surface area contributed by atoms with Crippen LogP contribution in [-0.4, -0.2) is 15.0 Å². The smallest absolute Gasteiger partial charge is 0.177 e. The molecule has 0 saturated carbocycles. The molecule has 0 fully saturated rings. The van der Waals surface area contributed by atoms with Crippen molar-refractivity contribution < 1.29 is 0 Å². The number of anilines is 1. The van der Waals surface area contributed by atoms with Crippen molar-refractivity contribution in [1.29, 1.82) is 0 Å². The Kier molecular flexibility index (Phi) is 2.48. The number of aryl methyl sites for hydroxylation is 1. The molecule has 18 heavy (non-hydrogen) atoms. The van der Waals surface area contributed by atoms with Crippen LogP contribution in [0.25, 0.3) is 11.2 Å². The van der Waals surface area contributed by atoms with Crippen molar-refractivity contribution in [1.82, 2.24) is 15.0 Å². The molecule has 0 aliphatic rings. The maximum atomic E-state index is 5.76. The zero-order valence-corrected chi connectivity index (χ0v) is 10.1. The average molecular weight is 238 g/mol. The fourth-order valence-corrected chi connectivity index (χ4v) is 2.03. The van der Waals surface area contributed by atoms with E-state index in [0.29, 0.717) is 0 Å². The number of rotatable bonds is 2. The molecule has 1 aromatic carbocycles. The number of benzene rings is 1. The second-order valence-corrected chi connectivity index (χ2v) is 4.49. The molecule has 90 valence electrons. The molecule has 0 atom stereocenters. The van der Waals surface area contributed by atoms with Gasteiger partial charge in [-0.3, -0.25) is 0 Å². The van der Waals surface area contributed by atoms with E-state index in [1.807, 2.05) is 37.4 Å². The SMILES string of the molecule is Cc1cnc2nc(Cc3cccc(N)c3)[nH]c2c1. The Morgan fingerprint density at radius 2 is 2.17 bits per heavy atom. The summed E-state index contributed by atoms with van der Waals surface area (Å²) in [4.78, 5) is 12.1. The molecule has 2 aromatic heterocycles. The van der Waals surface area contributed by atoms with Gasteiger partial charge in [-0.25, -0.2) is 9.97 Å². The van der Waals surface area contributed by atoms with E-state index < -0.39 is 0 Å². The highest BCUT2D eigenvalue weighted by Gasteiger charge is 2.05. The van der Waals surface area contributed by atoms with Crippen molar-refractivity contribution in [3.05, 3.63) is 53.5 Å². The van der Waals surface area contributed by atoms with E-state index in [1.54, 1.807) is 0 Å². The zero-order valence-electron chi connectivity index (χ0n) is 10.1. The summed E-state index contributed by atoms with van der Waals surface area (Å²) in [5.41, 5.74) is 10.6. The van der Waals surface area contributed by atoms with Crippen molar-refractivity contribution in [2.45, 2.75) is 13.3 Å². The van der Waals surface area contributed by atoms with Crippen LogP contribution in [0.4, 0.5) is 5.69 Å². The Labute approximate surface area is 105 Å². The van der Waals surface area contributed by atoms with Crippen LogP contribution in [0.1, 0.15) is 17.0 Å². The molecular formula is C14H14N4. The van der Waals surface area contributed by atoms with Crippen LogP contribution in [0, 0.1) is 6.92 Å². The van der Waals surface area contributed by atoms with E-state index in [2.05, 4.69) is 21.0 Å². The summed E-state index contributed by atoms with van der Waals surface area (Å²) < 4.78 is 0. The van der Waals surface area contributed by atoms with E-state index in [9.17, 15) is 0 Å². The Morgan fingerprint density at radius 3 is 3.00 bits per heavy atom. The molecule has 0 aliphatic heterocycles. The second-order valence-electron chi connectivity index (χ2n) is 4.49. The van der Waals surface area contributed by atoms with Gasteiger partial charge >= 0.3 is 0 Å². The standard InChI is InChI=1S/C14H14N4/c1-9-5-12-14(16-8-9)18-13(17-12)7-10-3-2-4-11(15)6-10/h2-6,8H,7,15H2,1H3,(H,16,17,18). The molecular weight excluding hydrogens is 224 g/mol. The molecule has 0 unspecified atom stereocenters. The van der Waals surface area contributed by atoms with Gasteiger partial charge in [-0.05, 0) is 36.2 Å². The van der Waals surface area contributed by atoms with E-state index >= 15 is 0 Å². The van der Waals surface area contributed by atoms with E-state index in [4.69, 9.17) is 5.73 Å². The number of imidazole rings is 1. The minimum absolute atomic E-state index is 0.737. The highest BCUT2D eigenvalue weighted by Crippen LogP contribution is 2.14. The van der Waals surface area contributed by atoms with E-state index in [0.717, 1.165) is 40.2 Å². The van der Waals surface area contributed by atoms with Gasteiger partial charge in [0.05, 0.1) is 5.52 Å². The topological polar surface area (TPSA) is 67.6 Å². The monoisotopic (exact) mass is 238 g/mol. The van der Waals surface area contributed by atoms with Gasteiger partial charge in [-0.1, -0.05) is 12.1 Å². The molecule has 0 amide bonds. The van der Waals surface area contributed by atoms with Crippen LogP contribution in [0.2, 0.25) is 0 Å². The predicted molar refractivity (Wildman–Crippen MR) is 72.3 cm³/mol. The lowest BCUT2D eigenvalue weighted by atomic mass is 10.1. The number of hydrogen-bond acceptors (Lipinski definition) is 3. The predicted octanol–water partition coefficient (Wildman–Crippen LogP) is 2.44. The van der Waals surface area contributed by atoms with Gasteiger partial charge in [0.2, 0.25) is 0 Å². The molecule has 3 N–H and O–H groups in total. The molecule has 0 saturated heterocycles. The normalized spacial score (nSPS) is 10.9. The van der Waals surface area contributed by atoms with Crippen LogP contribution >= 0.6 is 0 Å². The third-order valence-electron chi connectivity index (χ3n) is 2.85. The molecule has 3 aromatic rings. The number of aromatic nitrogens is 3. The summed E-state index contributed by atoms with van der Waals surface area (Å²) >= 11 is 0. The molecule has 0 aliphatic carbocycles. The van der Waals surface area contributed by atoms with Crippen molar-refractivity contribution in [2.24, 2.45) is 0 Å². The lowest BCUT2D eigenvalue weighted by Gasteiger charge is -1.99. The van der Waals surface area contributed by atoms with Crippen molar-refractivity contribution in [2.75, 3.05) is 5.73 Å². The van der Waals surface area contributed by atoms with Crippen molar-refractivity contribution in [3.63, 3.8) is 0 Å². The number of nitrogens with two attached hydrogens (primary N) is 1. The molecule has 2 heterocycles. The van der Waals surface area contributed by atoms with Crippen molar-refractivity contribution >= 4 is 16.9 Å². The summed E-state index contributed by atoms with van der Waals surface area (Å²) in [6, 6.07) is 9.90. The van der Waals surface area contributed by atoms with Gasteiger partial charge in [0, 0.05) is 18.3 Å². The molecule has 4 nitrogen and oxygen atoms in total. The van der Waals surface area contributed by atoms with Gasteiger partial charge in [0.15, 0.2) is 5.65 Å². The van der Waals surface area contributed by atoms with Crippen LogP contribution in [-0.2, 0) is 6.42 Å². The van der Waals surface area contributed by atoms with Crippen LogP contribution in [0.15, 0.2) is 36.5 Å². The molecule has 4 heteroatoms. The van der Waals surface area contributed by atoms with Crippen LogP contribution < -0.4 is 5.73 Å². The summed E-state index contributed by atoms with van der Waals surface area (Å²) in [5.74, 6) is 0.911. The minimum Gasteiger partial charge on any atom is -0.399 e. The Bertz CT molecular complexity index is 700. The fraction of sp³-hybridized carbons (Fsp3) is 0.143. The number of nitrogens with zero attached hydrogens (tertiary/aromatic N) is 2. The first-order valence-corrected chi connectivity index (χ1v) is 5.86. The zero-order chi connectivity index (χ0) is 12.5. The quantitative estimate of drug-likeness (QED) is 0.674. The largest absolute Gasteiger partial charge is 0.399 e. The number of H-pyrrole nitrogens is 1. The first kappa shape index (κ1) is 10.8. The van der Waals surface area contributed by atoms with E-state index in [-0.39, 0.29) is 0 Å². The van der Waals surface area contributed by atoms with Crippen LogP contribution in [0.5, 0.6) is 0 Å². The van der Waals surface area contributed by atoms with Crippen LogP contribution in [0.3, 0.4) is 0 Å². The highest BCUT2D eigenvalue weighted by atomic mass is 15.0. The Morgan fingerprint density at radius 1 is 1.28 bits per heavy atom. The van der Waals surface area contributed by atoms with E-state index in [1.165, 1.54) is 0 Å². The maximum Gasteiger partial charge on any atom is 0.177 e. The highest BCUT2D eigenvalue weighted by molar-refractivity contribution is 5.71. The van der Waals surface area contributed by atoms with Gasteiger partial charge in [-0.2, -0.15) is 0 Å². The lowest BCUT2D eigenvalue weighted by molar-refractivity contribution is 1.04. The van der Waals surface area contributed by atoms with Gasteiger partial charge in [-0.15, -0.1) is 0 Å². The number of aromatic amines is 1. The van der Waals surface area contributed by atoms with Crippen molar-refractivity contribution in [3.8, 4) is 0 Å². The lowest BCUT2D eigenvalue weighted by Crippen LogP contribution is -1.92. The summed E-state index contributed by atoms with van der Waals surface area (Å²) in [7, 11) is 0. The number of hydrogen-bond donors (Lipinski definition) is 2. The summed E-state index contributed by atoms with van der Waals surface area (Å²) in [6.07, 6.45) is 2.56. The molecule has 0 bridgehead atoms. The first-order chi connectivity index (χ1) is 8.70. The molecule has 0 radical (unpaired) electrons. The number of fused-ring (bicyclic) bond motifs is 1. The molecule has 3 rings (SSSR count). The summed E-state index contributed by atoms with van der Waals surface area (Å²) in [6.45, 7) is 2.02. The number of pyridine rings is 1. The first-order valence-electron chi connectivity index (χ1n) is 5.86. The number of nitrogen functional groups attached to an aromatic ring is 1. The third-order valence-corrected chi connectivity index (χ3v) is 2.85. The van der Waals surface area contributed by atoms with Gasteiger partial charge in [0.1, 0.15) is 5.82 Å². The average Bonchev–Trinajstić information content (AvgIpc) is 2.70. The minimum atomic E-state index is 0.737. The Hall–Kier alpha value is -2.36. The molecule has 0 spiro atoms. The fourth-order valence-electron chi connectivity index (χ4n) is 2.03. The Balaban J connectivity index is 1.95. The second kappa shape index (κ2) is 4.14. The maximum absolute atomic E-state index is 5.76. The van der Waals surface area contributed by atoms with Gasteiger partial charge < -0.3 is 10.7 Å². The summed E-state index contributed by atoms with van der Waals surface area (Å²) in [5, 5.41) is 0. The number of nitrogens with one attached hydrogen (secondary N) is 1.